The molecule has 0 radical (unpaired) electrons. The quantitative estimate of drug-likeness (QED) is 0.637. The van der Waals surface area contributed by atoms with Gasteiger partial charge in [-0.15, -0.1) is 0 Å². The van der Waals surface area contributed by atoms with Gasteiger partial charge in [-0.1, -0.05) is 0 Å². The fourth-order valence-electron chi connectivity index (χ4n) is 1.43. The first-order valence-electron chi connectivity index (χ1n) is 5.17. The van der Waals surface area contributed by atoms with Crippen molar-refractivity contribution in [3.63, 3.8) is 0 Å². The van der Waals surface area contributed by atoms with Crippen molar-refractivity contribution in [2.45, 2.75) is 46.2 Å². The van der Waals surface area contributed by atoms with E-state index in [1.807, 2.05) is 0 Å². The SMILES string of the molecule is CCOP(=O)(OCC)C(C)(C)CC(C)=O. The Balaban J connectivity index is 4.87. The predicted octanol–water partition coefficient (Wildman–Crippen LogP) is 3.01. The van der Waals surface area contributed by atoms with E-state index in [4.69, 9.17) is 9.05 Å². The monoisotopic (exact) mass is 236 g/mol. The number of carbonyl (C=O) groups is 1. The highest BCUT2D eigenvalue weighted by Crippen LogP contribution is 2.61. The molecule has 90 valence electrons. The summed E-state index contributed by atoms with van der Waals surface area (Å²) in [6.07, 6.45) is 0.199. The number of ketones is 1. The number of hydrogen-bond acceptors (Lipinski definition) is 4. The molecule has 0 saturated heterocycles. The standard InChI is InChI=1S/C10H21O4P/c1-6-13-15(12,14-7-2)10(4,5)8-9(3)11/h6-8H2,1-5H3. The second-order valence-electron chi connectivity index (χ2n) is 4.02. The minimum absolute atomic E-state index is 0.0142. The number of rotatable bonds is 7. The Labute approximate surface area is 91.9 Å². The van der Waals surface area contributed by atoms with Crippen LogP contribution >= 0.6 is 7.60 Å². The first-order chi connectivity index (χ1) is 6.79. The fourth-order valence-corrected chi connectivity index (χ4v) is 3.30. The minimum Gasteiger partial charge on any atom is -0.308 e. The molecule has 0 aliphatic carbocycles. The molecule has 0 fully saturated rings. The maximum atomic E-state index is 12.4. The minimum atomic E-state index is -3.20. The van der Waals surface area contributed by atoms with Crippen LogP contribution in [0.1, 0.15) is 41.0 Å². The topological polar surface area (TPSA) is 52.6 Å². The van der Waals surface area contributed by atoms with Gasteiger partial charge in [-0.2, -0.15) is 0 Å². The van der Waals surface area contributed by atoms with E-state index in [1.165, 1.54) is 6.92 Å². The molecule has 0 amide bonds. The zero-order valence-electron chi connectivity index (χ0n) is 10.2. The Morgan fingerprint density at radius 3 is 1.87 bits per heavy atom. The van der Waals surface area contributed by atoms with Crippen LogP contribution in [0.4, 0.5) is 0 Å². The lowest BCUT2D eigenvalue weighted by Gasteiger charge is -2.31. The van der Waals surface area contributed by atoms with Gasteiger partial charge < -0.3 is 9.05 Å². The van der Waals surface area contributed by atoms with E-state index in [0.29, 0.717) is 13.2 Å². The lowest BCUT2D eigenvalue weighted by Crippen LogP contribution is -2.26. The van der Waals surface area contributed by atoms with Gasteiger partial charge in [0.15, 0.2) is 0 Å². The van der Waals surface area contributed by atoms with Crippen LogP contribution in [0, 0.1) is 0 Å². The van der Waals surface area contributed by atoms with Crippen LogP contribution in [0.3, 0.4) is 0 Å². The summed E-state index contributed by atoms with van der Waals surface area (Å²) < 4.78 is 22.8. The molecule has 4 nitrogen and oxygen atoms in total. The summed E-state index contributed by atoms with van der Waals surface area (Å²) in [5.41, 5.74) is 0. The molecule has 0 spiro atoms. The summed E-state index contributed by atoms with van der Waals surface area (Å²) in [7, 11) is -3.20. The van der Waals surface area contributed by atoms with Gasteiger partial charge in [0, 0.05) is 6.42 Å². The number of Topliss-reactive ketones (excluding diaryl/α,β-unsaturated/α-hetero) is 1. The normalized spacial score (nSPS) is 12.9. The van der Waals surface area contributed by atoms with Crippen LogP contribution in [0.2, 0.25) is 0 Å². The summed E-state index contributed by atoms with van der Waals surface area (Å²) in [5, 5.41) is -0.759. The van der Waals surface area contributed by atoms with E-state index in [9.17, 15) is 9.36 Å². The van der Waals surface area contributed by atoms with Crippen LogP contribution in [-0.2, 0) is 18.4 Å². The Morgan fingerprint density at radius 2 is 1.60 bits per heavy atom. The van der Waals surface area contributed by atoms with E-state index in [1.54, 1.807) is 27.7 Å². The molecule has 0 unspecified atom stereocenters. The van der Waals surface area contributed by atoms with Crippen molar-refractivity contribution in [3.05, 3.63) is 0 Å². The molecule has 0 N–H and O–H groups in total. The molecule has 0 saturated carbocycles. The molecular weight excluding hydrogens is 215 g/mol. The van der Waals surface area contributed by atoms with Crippen molar-refractivity contribution in [3.8, 4) is 0 Å². The maximum Gasteiger partial charge on any atom is 0.336 e. The molecule has 15 heavy (non-hydrogen) atoms. The Kier molecular flexibility index (Phi) is 5.71. The highest BCUT2D eigenvalue weighted by atomic mass is 31.2. The molecule has 0 rings (SSSR count). The molecular formula is C10H21O4P. The highest BCUT2D eigenvalue weighted by Gasteiger charge is 2.43. The second-order valence-corrected chi connectivity index (χ2v) is 6.75. The van der Waals surface area contributed by atoms with Crippen molar-refractivity contribution >= 4 is 13.4 Å². The lowest BCUT2D eigenvalue weighted by molar-refractivity contribution is -0.117. The van der Waals surface area contributed by atoms with Crippen molar-refractivity contribution in [2.24, 2.45) is 0 Å². The molecule has 0 atom stereocenters. The molecule has 0 aliphatic rings. The molecule has 0 aromatic carbocycles. The van der Waals surface area contributed by atoms with Gasteiger partial charge in [0.1, 0.15) is 5.78 Å². The van der Waals surface area contributed by atoms with E-state index >= 15 is 0 Å². The largest absolute Gasteiger partial charge is 0.336 e. The first-order valence-corrected chi connectivity index (χ1v) is 6.72. The molecule has 0 aliphatic heterocycles. The second kappa shape index (κ2) is 5.78. The van der Waals surface area contributed by atoms with Crippen molar-refractivity contribution in [1.29, 1.82) is 0 Å². The average Bonchev–Trinajstić information content (AvgIpc) is 2.02. The number of carbonyl (C=O) groups excluding carboxylic acids is 1. The Bertz CT molecular complexity index is 250. The van der Waals surface area contributed by atoms with Gasteiger partial charge in [-0.25, -0.2) is 0 Å². The van der Waals surface area contributed by atoms with Crippen LogP contribution in [0.25, 0.3) is 0 Å². The van der Waals surface area contributed by atoms with Gasteiger partial charge in [0.05, 0.1) is 18.4 Å². The molecule has 5 heteroatoms. The summed E-state index contributed by atoms with van der Waals surface area (Å²) in [6, 6.07) is 0. The molecule has 0 aromatic rings. The number of hydrogen-bond donors (Lipinski definition) is 0. The van der Waals surface area contributed by atoms with Crippen LogP contribution < -0.4 is 0 Å². The van der Waals surface area contributed by atoms with Gasteiger partial charge in [0.2, 0.25) is 0 Å². The van der Waals surface area contributed by atoms with Gasteiger partial charge in [-0.05, 0) is 34.6 Å². The van der Waals surface area contributed by atoms with Crippen molar-refractivity contribution in [1.82, 2.24) is 0 Å². The summed E-state index contributed by atoms with van der Waals surface area (Å²) in [4.78, 5) is 11.1. The third kappa shape index (κ3) is 4.06. The molecule has 0 heterocycles. The van der Waals surface area contributed by atoms with Crippen molar-refractivity contribution in [2.75, 3.05) is 13.2 Å². The van der Waals surface area contributed by atoms with Crippen LogP contribution in [0.15, 0.2) is 0 Å². The summed E-state index contributed by atoms with van der Waals surface area (Å²) in [5.74, 6) is -0.0142. The van der Waals surface area contributed by atoms with E-state index < -0.39 is 12.8 Å². The molecule has 0 aromatic heterocycles. The predicted molar refractivity (Wildman–Crippen MR) is 60.2 cm³/mol. The highest BCUT2D eigenvalue weighted by molar-refractivity contribution is 7.55. The van der Waals surface area contributed by atoms with Crippen LogP contribution in [0.5, 0.6) is 0 Å². The van der Waals surface area contributed by atoms with Gasteiger partial charge in [-0.3, -0.25) is 9.36 Å². The smallest absolute Gasteiger partial charge is 0.308 e. The third-order valence-corrected chi connectivity index (χ3v) is 4.86. The van der Waals surface area contributed by atoms with E-state index in [2.05, 4.69) is 0 Å². The first kappa shape index (κ1) is 14.8. The van der Waals surface area contributed by atoms with Crippen LogP contribution in [-0.4, -0.2) is 24.2 Å². The lowest BCUT2D eigenvalue weighted by atomic mass is 10.1. The average molecular weight is 236 g/mol. The Hall–Kier alpha value is -0.180. The third-order valence-electron chi connectivity index (χ3n) is 2.02. The zero-order valence-corrected chi connectivity index (χ0v) is 11.1. The Morgan fingerprint density at radius 1 is 1.20 bits per heavy atom. The van der Waals surface area contributed by atoms with Gasteiger partial charge in [0.25, 0.3) is 0 Å². The summed E-state index contributed by atoms with van der Waals surface area (Å²) in [6.45, 7) is 9.10. The van der Waals surface area contributed by atoms with E-state index in [-0.39, 0.29) is 12.2 Å². The zero-order chi connectivity index (χ0) is 12.1. The van der Waals surface area contributed by atoms with Crippen molar-refractivity contribution < 1.29 is 18.4 Å². The van der Waals surface area contributed by atoms with E-state index in [0.717, 1.165) is 0 Å². The maximum absolute atomic E-state index is 12.4. The fraction of sp³-hybridized carbons (Fsp3) is 0.900. The molecule has 0 bridgehead atoms. The summed E-state index contributed by atoms with van der Waals surface area (Å²) >= 11 is 0. The van der Waals surface area contributed by atoms with Gasteiger partial charge >= 0.3 is 7.60 Å².